The minimum absolute atomic E-state index is 0.592. The molecule has 2 aromatic rings. The molecule has 0 heterocycles. The van der Waals surface area contributed by atoms with Crippen LogP contribution in [0.15, 0.2) is 89.8 Å². The highest BCUT2D eigenvalue weighted by Gasteiger charge is 2.16. The first-order valence-corrected chi connectivity index (χ1v) is 7.95. The number of benzene rings is 2. The first kappa shape index (κ1) is 12.9. The molecule has 1 heteroatoms. The van der Waals surface area contributed by atoms with Crippen molar-refractivity contribution in [1.82, 2.24) is 0 Å². The van der Waals surface area contributed by atoms with Crippen LogP contribution < -0.4 is 10.6 Å². The molecule has 0 nitrogen and oxygen atoms in total. The highest BCUT2D eigenvalue weighted by molar-refractivity contribution is 7.77. The highest BCUT2D eigenvalue weighted by atomic mass is 31.1. The minimum atomic E-state index is -0.592. The summed E-state index contributed by atoms with van der Waals surface area (Å²) in [4.78, 5) is 0. The Morgan fingerprint density at radius 3 is 1.85 bits per heavy atom. The maximum absolute atomic E-state index is 6.21. The molecule has 2 aromatic carbocycles. The van der Waals surface area contributed by atoms with Crippen molar-refractivity contribution in [2.75, 3.05) is 0 Å². The SMILES string of the molecule is [CH+]=C1C=C[CH-]C=C1P(c1ccccc1)c1ccccc1. The van der Waals surface area contributed by atoms with Crippen LogP contribution in [0, 0.1) is 13.0 Å². The molecular weight excluding hydrogens is 259 g/mol. The molecule has 0 spiro atoms. The lowest BCUT2D eigenvalue weighted by Crippen LogP contribution is -2.14. The molecule has 0 N–H and O–H groups in total. The smallest absolute Gasteiger partial charge is 0.0242 e. The third-order valence-corrected chi connectivity index (χ3v) is 5.72. The van der Waals surface area contributed by atoms with E-state index in [0.29, 0.717) is 0 Å². The van der Waals surface area contributed by atoms with Gasteiger partial charge >= 0.3 is 0 Å². The maximum Gasteiger partial charge on any atom is -0.0242 e. The number of allylic oxidation sites excluding steroid dienone is 5. The van der Waals surface area contributed by atoms with E-state index in [2.05, 4.69) is 73.2 Å². The van der Waals surface area contributed by atoms with Crippen molar-refractivity contribution in [3.63, 3.8) is 0 Å². The summed E-state index contributed by atoms with van der Waals surface area (Å²) in [5, 5.41) is 3.87. The molecule has 0 radical (unpaired) electrons. The van der Waals surface area contributed by atoms with E-state index in [-0.39, 0.29) is 0 Å². The van der Waals surface area contributed by atoms with E-state index < -0.39 is 7.92 Å². The van der Waals surface area contributed by atoms with E-state index in [1.54, 1.807) is 0 Å². The molecule has 0 bridgehead atoms. The zero-order valence-electron chi connectivity index (χ0n) is 11.1. The Morgan fingerprint density at radius 2 is 1.35 bits per heavy atom. The number of rotatable bonds is 3. The summed E-state index contributed by atoms with van der Waals surface area (Å²) in [6.07, 6.45) is 8.17. The maximum atomic E-state index is 6.21. The Kier molecular flexibility index (Phi) is 3.79. The largest absolute Gasteiger partial charge is 0.170 e. The molecule has 0 atom stereocenters. The van der Waals surface area contributed by atoms with E-state index in [1.807, 2.05) is 12.2 Å². The first-order chi connectivity index (χ1) is 9.86. The molecule has 0 saturated carbocycles. The Labute approximate surface area is 121 Å². The van der Waals surface area contributed by atoms with Crippen molar-refractivity contribution in [3.8, 4) is 0 Å². The van der Waals surface area contributed by atoms with E-state index in [1.165, 1.54) is 15.9 Å². The fraction of sp³-hybridized carbons (Fsp3) is 0. The molecule has 0 unspecified atom stereocenters. The lowest BCUT2D eigenvalue weighted by atomic mass is 10.1. The van der Waals surface area contributed by atoms with Gasteiger partial charge in [-0.1, -0.05) is 80.5 Å². The molecule has 0 amide bonds. The number of hydrogen-bond acceptors (Lipinski definition) is 0. The second-order valence-corrected chi connectivity index (χ2v) is 6.75. The normalized spacial score (nSPS) is 14.0. The summed E-state index contributed by atoms with van der Waals surface area (Å²) in [6, 6.07) is 21.2. The summed E-state index contributed by atoms with van der Waals surface area (Å²) in [6.45, 7) is 6.21. The van der Waals surface area contributed by atoms with E-state index in [9.17, 15) is 0 Å². The molecule has 0 fully saturated rings. The van der Waals surface area contributed by atoms with Gasteiger partial charge in [0.2, 0.25) is 0 Å². The van der Waals surface area contributed by atoms with Crippen molar-refractivity contribution in [1.29, 1.82) is 0 Å². The van der Waals surface area contributed by atoms with Gasteiger partial charge in [-0.05, 0) is 16.2 Å². The van der Waals surface area contributed by atoms with Gasteiger partial charge in [0.15, 0.2) is 0 Å². The quantitative estimate of drug-likeness (QED) is 0.583. The monoisotopic (exact) mass is 274 g/mol. The molecule has 0 aromatic heterocycles. The van der Waals surface area contributed by atoms with Gasteiger partial charge in [0, 0.05) is 0 Å². The van der Waals surface area contributed by atoms with Crippen LogP contribution in [0.2, 0.25) is 0 Å². The predicted octanol–water partition coefficient (Wildman–Crippen LogP) is 4.14. The van der Waals surface area contributed by atoms with E-state index in [0.717, 1.165) is 5.57 Å². The van der Waals surface area contributed by atoms with Crippen LogP contribution >= 0.6 is 7.92 Å². The first-order valence-electron chi connectivity index (χ1n) is 6.61. The zero-order valence-corrected chi connectivity index (χ0v) is 12.0. The summed E-state index contributed by atoms with van der Waals surface area (Å²) in [7, 11) is -0.592. The van der Waals surface area contributed by atoms with Gasteiger partial charge in [0.05, 0.1) is 0 Å². The van der Waals surface area contributed by atoms with Gasteiger partial charge in [-0.25, -0.2) is 0 Å². The summed E-state index contributed by atoms with van der Waals surface area (Å²) >= 11 is 0. The van der Waals surface area contributed by atoms with Crippen LogP contribution in [0.5, 0.6) is 0 Å². The molecule has 20 heavy (non-hydrogen) atoms. The van der Waals surface area contributed by atoms with E-state index in [4.69, 9.17) is 6.58 Å². The fourth-order valence-electron chi connectivity index (χ4n) is 2.27. The molecule has 1 aliphatic rings. The molecule has 96 valence electrons. The molecule has 0 aliphatic heterocycles. The van der Waals surface area contributed by atoms with Crippen LogP contribution in [-0.4, -0.2) is 0 Å². The Bertz CT molecular complexity index is 611. The average molecular weight is 274 g/mol. The third kappa shape index (κ3) is 2.58. The molecule has 3 rings (SSSR count). The third-order valence-electron chi connectivity index (χ3n) is 3.21. The van der Waals surface area contributed by atoms with Gasteiger partial charge in [0.1, 0.15) is 0 Å². The van der Waals surface area contributed by atoms with Crippen molar-refractivity contribution in [3.05, 3.63) is 103 Å². The lowest BCUT2D eigenvalue weighted by Gasteiger charge is -2.28. The van der Waals surface area contributed by atoms with Gasteiger partial charge < -0.3 is 0 Å². The van der Waals surface area contributed by atoms with E-state index >= 15 is 0 Å². The summed E-state index contributed by atoms with van der Waals surface area (Å²) in [5.41, 5.74) is 0.867. The average Bonchev–Trinajstić information content (AvgIpc) is 2.52. The zero-order chi connectivity index (χ0) is 13.8. The fourth-order valence-corrected chi connectivity index (χ4v) is 4.64. The summed E-state index contributed by atoms with van der Waals surface area (Å²) < 4.78 is 0. The topological polar surface area (TPSA) is 0 Å². The van der Waals surface area contributed by atoms with Crippen molar-refractivity contribution in [2.24, 2.45) is 0 Å². The molecular formula is C19H15P. The van der Waals surface area contributed by atoms with Crippen molar-refractivity contribution in [2.45, 2.75) is 0 Å². The lowest BCUT2D eigenvalue weighted by molar-refractivity contribution is 1.55. The second kappa shape index (κ2) is 5.88. The number of hydrogen-bond donors (Lipinski definition) is 0. The van der Waals surface area contributed by atoms with Gasteiger partial charge in [-0.2, -0.15) is 18.6 Å². The van der Waals surface area contributed by atoms with Gasteiger partial charge in [-0.15, -0.1) is 6.08 Å². The molecule has 0 saturated heterocycles. The van der Waals surface area contributed by atoms with Crippen molar-refractivity contribution < 1.29 is 0 Å². The van der Waals surface area contributed by atoms with Crippen LogP contribution in [0.4, 0.5) is 0 Å². The predicted molar refractivity (Wildman–Crippen MR) is 88.4 cm³/mol. The molecule has 1 aliphatic carbocycles. The van der Waals surface area contributed by atoms with Crippen LogP contribution in [0.1, 0.15) is 0 Å². The van der Waals surface area contributed by atoms with Crippen LogP contribution in [-0.2, 0) is 0 Å². The minimum Gasteiger partial charge on any atom is -0.170 e. The Hall–Kier alpha value is -2.13. The van der Waals surface area contributed by atoms with Crippen LogP contribution in [0.3, 0.4) is 0 Å². The van der Waals surface area contributed by atoms with Gasteiger partial charge in [0.25, 0.3) is 0 Å². The Morgan fingerprint density at radius 1 is 0.800 bits per heavy atom. The Balaban J connectivity index is 2.10. The van der Waals surface area contributed by atoms with Gasteiger partial charge in [-0.3, -0.25) is 0 Å². The second-order valence-electron chi connectivity index (χ2n) is 4.57. The van der Waals surface area contributed by atoms with Crippen molar-refractivity contribution >= 4 is 18.5 Å². The highest BCUT2D eigenvalue weighted by Crippen LogP contribution is 2.47. The van der Waals surface area contributed by atoms with Crippen LogP contribution in [0.25, 0.3) is 0 Å². The standard InChI is InChI=1S/C19H15P/c1-16-10-8-9-15-19(16)20(17-11-4-2-5-12-17)18-13-6-3-7-14-18/h1-15H. The summed E-state index contributed by atoms with van der Waals surface area (Å²) in [5.74, 6) is 0.